The van der Waals surface area contributed by atoms with E-state index >= 15 is 0 Å². The molecule has 0 saturated heterocycles. The molecule has 0 radical (unpaired) electrons. The molecule has 0 unspecified atom stereocenters. The first kappa shape index (κ1) is 17.8. The summed E-state index contributed by atoms with van der Waals surface area (Å²) in [5, 5.41) is 31.9. The maximum Gasteiger partial charge on any atom is 0.390 e. The number of aromatic nitrogens is 6. The average molecular weight is 396 g/mol. The fourth-order valence-electron chi connectivity index (χ4n) is 2.63. The van der Waals surface area contributed by atoms with Crippen LogP contribution in [0.15, 0.2) is 48.7 Å². The lowest BCUT2D eigenvalue weighted by Crippen LogP contribution is -2.03. The van der Waals surface area contributed by atoms with Crippen molar-refractivity contribution >= 4 is 28.1 Å². The van der Waals surface area contributed by atoms with Gasteiger partial charge in [-0.05, 0) is 17.4 Å². The van der Waals surface area contributed by atoms with Gasteiger partial charge < -0.3 is 15.4 Å². The topological polar surface area (TPSA) is 117 Å². The van der Waals surface area contributed by atoms with Crippen LogP contribution in [0.1, 0.15) is 16.3 Å². The highest BCUT2D eigenvalue weighted by atomic mass is 32.1. The zero-order chi connectivity index (χ0) is 19.5. The lowest BCUT2D eigenvalue weighted by atomic mass is 10.2. The third kappa shape index (κ3) is 4.04. The molecule has 0 aliphatic carbocycles. The summed E-state index contributed by atoms with van der Waals surface area (Å²) in [6, 6.07) is 13.4. The lowest BCUT2D eigenvalue weighted by Gasteiger charge is -2.01. The maximum atomic E-state index is 10.8. The van der Waals surface area contributed by atoms with Gasteiger partial charge >= 0.3 is 5.82 Å². The zero-order valence-corrected chi connectivity index (χ0v) is 15.7. The second-order valence-corrected chi connectivity index (χ2v) is 7.13. The molecule has 0 aliphatic heterocycles. The van der Waals surface area contributed by atoms with Gasteiger partial charge in [0, 0.05) is 12.3 Å². The highest BCUT2D eigenvalue weighted by Gasteiger charge is 2.17. The van der Waals surface area contributed by atoms with Crippen LogP contribution in [0.4, 0.5) is 16.8 Å². The third-order valence-corrected chi connectivity index (χ3v) is 4.79. The van der Waals surface area contributed by atoms with Crippen LogP contribution in [0.3, 0.4) is 0 Å². The number of hydrogen-bond acceptors (Lipinski definition) is 8. The Labute approximate surface area is 163 Å². The van der Waals surface area contributed by atoms with E-state index in [0.29, 0.717) is 34.7 Å². The largest absolute Gasteiger partial charge is 0.390 e. The number of anilines is 2. The SMILES string of the molecule is Cc1cc([N+](=O)[O-])nn1Cc1nnc(Nc2ccn(Cc3ccccc3)n2)s1. The van der Waals surface area contributed by atoms with E-state index in [1.807, 2.05) is 47.3 Å². The maximum absolute atomic E-state index is 10.8. The van der Waals surface area contributed by atoms with Crippen LogP contribution < -0.4 is 5.32 Å². The molecular formula is C17H16N8O2S. The summed E-state index contributed by atoms with van der Waals surface area (Å²) in [5.74, 6) is 0.494. The van der Waals surface area contributed by atoms with Gasteiger partial charge in [-0.3, -0.25) is 4.68 Å². The zero-order valence-electron chi connectivity index (χ0n) is 14.9. The van der Waals surface area contributed by atoms with Gasteiger partial charge in [-0.1, -0.05) is 41.7 Å². The molecule has 1 aromatic carbocycles. The number of hydrogen-bond donors (Lipinski definition) is 1. The van der Waals surface area contributed by atoms with Gasteiger partial charge in [0.05, 0.1) is 23.4 Å². The quantitative estimate of drug-likeness (QED) is 0.377. The standard InChI is InChI=1S/C17H16N8O2S/c1-12-9-15(25(26)27)22-24(12)11-16-19-20-17(28-16)18-14-7-8-23(21-14)10-13-5-3-2-4-6-13/h2-9H,10-11H2,1H3,(H,18,20,21). The van der Waals surface area contributed by atoms with Crippen molar-refractivity contribution in [1.29, 1.82) is 0 Å². The van der Waals surface area contributed by atoms with Crippen LogP contribution in [0.25, 0.3) is 0 Å². The number of nitro groups is 1. The second kappa shape index (κ2) is 7.56. The van der Waals surface area contributed by atoms with Crippen molar-refractivity contribution in [1.82, 2.24) is 29.8 Å². The number of rotatable bonds is 7. The number of benzene rings is 1. The van der Waals surface area contributed by atoms with E-state index in [1.54, 1.807) is 6.92 Å². The summed E-state index contributed by atoms with van der Waals surface area (Å²) < 4.78 is 3.38. The molecule has 0 amide bonds. The molecule has 0 fully saturated rings. The molecule has 10 nitrogen and oxygen atoms in total. The molecule has 0 bridgehead atoms. The Hall–Kier alpha value is -3.60. The van der Waals surface area contributed by atoms with E-state index in [4.69, 9.17) is 0 Å². The predicted molar refractivity (Wildman–Crippen MR) is 104 cm³/mol. The molecule has 0 aliphatic rings. The monoisotopic (exact) mass is 396 g/mol. The Morgan fingerprint density at radius 1 is 1.14 bits per heavy atom. The minimum atomic E-state index is -0.512. The first-order valence-electron chi connectivity index (χ1n) is 8.42. The van der Waals surface area contributed by atoms with Gasteiger partial charge in [0.1, 0.15) is 11.6 Å². The molecule has 4 aromatic rings. The number of aryl methyl sites for hydroxylation is 1. The van der Waals surface area contributed by atoms with Crippen LogP contribution in [0, 0.1) is 17.0 Å². The molecule has 3 heterocycles. The Balaban J connectivity index is 1.40. The summed E-state index contributed by atoms with van der Waals surface area (Å²) in [7, 11) is 0. The smallest absolute Gasteiger partial charge is 0.358 e. The van der Waals surface area contributed by atoms with Crippen molar-refractivity contribution in [2.45, 2.75) is 20.0 Å². The van der Waals surface area contributed by atoms with Crippen LogP contribution in [0.5, 0.6) is 0 Å². The Bertz CT molecular complexity index is 1100. The summed E-state index contributed by atoms with van der Waals surface area (Å²) in [6.45, 7) is 2.77. The van der Waals surface area contributed by atoms with E-state index in [9.17, 15) is 10.1 Å². The summed E-state index contributed by atoms with van der Waals surface area (Å²) in [6.07, 6.45) is 1.89. The lowest BCUT2D eigenvalue weighted by molar-refractivity contribution is -0.389. The number of nitrogens with zero attached hydrogens (tertiary/aromatic N) is 7. The summed E-state index contributed by atoms with van der Waals surface area (Å²) >= 11 is 1.35. The minimum Gasteiger partial charge on any atom is -0.358 e. The molecule has 1 N–H and O–H groups in total. The Kier molecular flexibility index (Phi) is 4.81. The normalized spacial score (nSPS) is 10.9. The second-order valence-electron chi connectivity index (χ2n) is 6.07. The summed E-state index contributed by atoms with van der Waals surface area (Å²) in [4.78, 5) is 10.3. The molecule has 3 aromatic heterocycles. The predicted octanol–water partition coefficient (Wildman–Crippen LogP) is 2.99. The summed E-state index contributed by atoms with van der Waals surface area (Å²) in [5.41, 5.74) is 1.86. The highest BCUT2D eigenvalue weighted by molar-refractivity contribution is 7.15. The Morgan fingerprint density at radius 3 is 2.71 bits per heavy atom. The van der Waals surface area contributed by atoms with E-state index in [-0.39, 0.29) is 5.82 Å². The average Bonchev–Trinajstić information content (AvgIpc) is 3.39. The molecular weight excluding hydrogens is 380 g/mol. The van der Waals surface area contributed by atoms with E-state index in [0.717, 1.165) is 0 Å². The fraction of sp³-hybridized carbons (Fsp3) is 0.176. The van der Waals surface area contributed by atoms with Crippen molar-refractivity contribution in [3.63, 3.8) is 0 Å². The first-order valence-corrected chi connectivity index (χ1v) is 9.24. The van der Waals surface area contributed by atoms with Crippen molar-refractivity contribution in [3.05, 3.63) is 75.0 Å². The Morgan fingerprint density at radius 2 is 1.96 bits per heavy atom. The van der Waals surface area contributed by atoms with Gasteiger partial charge in [-0.15, -0.1) is 10.2 Å². The van der Waals surface area contributed by atoms with E-state index in [2.05, 4.69) is 25.7 Å². The van der Waals surface area contributed by atoms with Crippen LogP contribution in [-0.2, 0) is 13.1 Å². The van der Waals surface area contributed by atoms with Gasteiger partial charge in [0.15, 0.2) is 5.82 Å². The van der Waals surface area contributed by atoms with Crippen molar-refractivity contribution < 1.29 is 4.92 Å². The first-order chi connectivity index (χ1) is 13.6. The highest BCUT2D eigenvalue weighted by Crippen LogP contribution is 2.21. The van der Waals surface area contributed by atoms with Gasteiger partial charge in [0.25, 0.3) is 0 Å². The minimum absolute atomic E-state index is 0.177. The third-order valence-electron chi connectivity index (χ3n) is 3.97. The van der Waals surface area contributed by atoms with E-state index < -0.39 is 4.92 Å². The molecule has 0 saturated carbocycles. The van der Waals surface area contributed by atoms with Crippen molar-refractivity contribution in [2.75, 3.05) is 5.32 Å². The molecule has 11 heteroatoms. The van der Waals surface area contributed by atoms with Crippen LogP contribution in [-0.4, -0.2) is 34.7 Å². The van der Waals surface area contributed by atoms with Gasteiger partial charge in [-0.2, -0.15) is 9.78 Å². The van der Waals surface area contributed by atoms with Crippen LogP contribution >= 0.6 is 11.3 Å². The van der Waals surface area contributed by atoms with E-state index in [1.165, 1.54) is 27.6 Å². The molecule has 0 atom stereocenters. The van der Waals surface area contributed by atoms with Crippen molar-refractivity contribution in [2.24, 2.45) is 0 Å². The molecule has 4 rings (SSSR count). The molecule has 0 spiro atoms. The number of nitrogens with one attached hydrogen (secondary N) is 1. The fourth-order valence-corrected chi connectivity index (χ4v) is 3.36. The molecule has 28 heavy (non-hydrogen) atoms. The molecule has 142 valence electrons. The van der Waals surface area contributed by atoms with Gasteiger partial charge in [0.2, 0.25) is 5.13 Å². The van der Waals surface area contributed by atoms with Crippen molar-refractivity contribution in [3.8, 4) is 0 Å². The van der Waals surface area contributed by atoms with Crippen LogP contribution in [0.2, 0.25) is 0 Å². The van der Waals surface area contributed by atoms with Gasteiger partial charge in [-0.25, -0.2) is 0 Å².